The Morgan fingerprint density at radius 1 is 1.13 bits per heavy atom. The van der Waals surface area contributed by atoms with Gasteiger partial charge in [-0.1, -0.05) is 29.8 Å². The first kappa shape index (κ1) is 22.4. The Morgan fingerprint density at radius 3 is 2.53 bits per heavy atom. The zero-order valence-corrected chi connectivity index (χ0v) is 18.6. The molecule has 1 aliphatic carbocycles. The number of allylic oxidation sites excluding steroid dienone is 1. The second-order valence-electron chi connectivity index (χ2n) is 7.84. The highest BCUT2D eigenvalue weighted by Crippen LogP contribution is 2.35. The number of carboxylic acids is 1. The van der Waals surface area contributed by atoms with Crippen molar-refractivity contribution in [2.24, 2.45) is 0 Å². The third-order valence-electron chi connectivity index (χ3n) is 6.00. The van der Waals surface area contributed by atoms with E-state index < -0.39 is 5.97 Å². The maximum atomic E-state index is 10.9. The molecule has 2 aromatic rings. The summed E-state index contributed by atoms with van der Waals surface area (Å²) in [6, 6.07) is 11.9. The molecular weight excluding hydrogens is 400 g/mol. The summed E-state index contributed by atoms with van der Waals surface area (Å²) in [5.41, 5.74) is 6.96. The van der Waals surface area contributed by atoms with E-state index in [4.69, 9.17) is 26.2 Å². The normalized spacial score (nSPS) is 16.6. The van der Waals surface area contributed by atoms with Crippen LogP contribution in [0, 0.1) is 13.8 Å². The Morgan fingerprint density at radius 2 is 1.87 bits per heavy atom. The summed E-state index contributed by atoms with van der Waals surface area (Å²) < 4.78 is 11.9. The lowest BCUT2D eigenvalue weighted by Crippen LogP contribution is -2.20. The number of rotatable bonds is 8. The van der Waals surface area contributed by atoms with Gasteiger partial charge in [0.2, 0.25) is 0 Å². The molecule has 0 saturated heterocycles. The van der Waals surface area contributed by atoms with E-state index in [-0.39, 0.29) is 12.5 Å². The summed E-state index contributed by atoms with van der Waals surface area (Å²) in [7, 11) is 1.76. The lowest BCUT2D eigenvalue weighted by Gasteiger charge is -2.27. The fraction of sp³-hybridized carbons (Fsp3) is 0.400. The van der Waals surface area contributed by atoms with Gasteiger partial charge in [-0.15, -0.1) is 0 Å². The van der Waals surface area contributed by atoms with E-state index in [2.05, 4.69) is 12.1 Å². The number of hydrogen-bond donors (Lipinski definition) is 1. The van der Waals surface area contributed by atoms with E-state index in [0.29, 0.717) is 13.0 Å². The average Bonchev–Trinajstić information content (AvgIpc) is 2.74. The molecule has 3 rings (SSSR count). The molecule has 1 aliphatic rings. The fourth-order valence-corrected chi connectivity index (χ4v) is 4.14. The van der Waals surface area contributed by atoms with Crippen molar-refractivity contribution >= 4 is 23.1 Å². The molecular formula is C25H29ClO4. The largest absolute Gasteiger partial charge is 0.489 e. The number of halogens is 1. The quantitative estimate of drug-likeness (QED) is 0.559. The van der Waals surface area contributed by atoms with Crippen LogP contribution in [-0.2, 0) is 16.0 Å². The maximum absolute atomic E-state index is 10.9. The SMILES string of the molecule is COC1CCC(c2ccc(Cl)cc2)=C(COc2ccc(CCC(=O)O)c(C)c2C)C1. The molecule has 5 heteroatoms. The van der Waals surface area contributed by atoms with Crippen LogP contribution in [-0.4, -0.2) is 30.9 Å². The molecule has 0 amide bonds. The number of carbonyl (C=O) groups is 1. The smallest absolute Gasteiger partial charge is 0.303 e. The Hall–Kier alpha value is -2.30. The van der Waals surface area contributed by atoms with Gasteiger partial charge in [0.25, 0.3) is 0 Å². The molecule has 0 radical (unpaired) electrons. The number of benzene rings is 2. The first-order chi connectivity index (χ1) is 14.4. The lowest BCUT2D eigenvalue weighted by atomic mass is 9.86. The molecule has 30 heavy (non-hydrogen) atoms. The number of methoxy groups -OCH3 is 1. The minimum Gasteiger partial charge on any atom is -0.489 e. The molecule has 0 aliphatic heterocycles. The predicted molar refractivity (Wildman–Crippen MR) is 120 cm³/mol. The summed E-state index contributed by atoms with van der Waals surface area (Å²) in [6.45, 7) is 4.56. The van der Waals surface area contributed by atoms with Crippen LogP contribution < -0.4 is 4.74 Å². The van der Waals surface area contributed by atoms with E-state index in [0.717, 1.165) is 46.7 Å². The van der Waals surface area contributed by atoms with Gasteiger partial charge in [-0.3, -0.25) is 4.79 Å². The van der Waals surface area contributed by atoms with Crippen LogP contribution >= 0.6 is 11.6 Å². The molecule has 1 atom stereocenters. The molecule has 0 fully saturated rings. The highest BCUT2D eigenvalue weighted by molar-refractivity contribution is 6.30. The van der Waals surface area contributed by atoms with Crippen molar-refractivity contribution in [3.63, 3.8) is 0 Å². The van der Waals surface area contributed by atoms with Gasteiger partial charge in [0.15, 0.2) is 0 Å². The minimum absolute atomic E-state index is 0.135. The van der Waals surface area contributed by atoms with Crippen LogP contribution in [0.4, 0.5) is 0 Å². The summed E-state index contributed by atoms with van der Waals surface area (Å²) in [5, 5.41) is 9.68. The third-order valence-corrected chi connectivity index (χ3v) is 6.25. The molecule has 0 aromatic heterocycles. The van der Waals surface area contributed by atoms with Crippen LogP contribution in [0.1, 0.15) is 47.9 Å². The topological polar surface area (TPSA) is 55.8 Å². The van der Waals surface area contributed by atoms with E-state index in [1.54, 1.807) is 7.11 Å². The van der Waals surface area contributed by atoms with Gasteiger partial charge >= 0.3 is 5.97 Å². The third kappa shape index (κ3) is 5.44. The highest BCUT2D eigenvalue weighted by Gasteiger charge is 2.22. The molecule has 0 saturated carbocycles. The van der Waals surface area contributed by atoms with Crippen LogP contribution in [0.5, 0.6) is 5.75 Å². The van der Waals surface area contributed by atoms with Gasteiger partial charge in [-0.25, -0.2) is 0 Å². The number of carboxylic acid groups (broad SMARTS) is 1. The average molecular weight is 429 g/mol. The Balaban J connectivity index is 1.81. The first-order valence-electron chi connectivity index (χ1n) is 10.3. The van der Waals surface area contributed by atoms with Gasteiger partial charge in [-0.05, 0) is 91.1 Å². The molecule has 4 nitrogen and oxygen atoms in total. The summed E-state index contributed by atoms with van der Waals surface area (Å²) in [5.74, 6) is 0.0631. The Bertz CT molecular complexity index is 931. The van der Waals surface area contributed by atoms with Crippen molar-refractivity contribution in [1.29, 1.82) is 0 Å². The summed E-state index contributed by atoms with van der Waals surface area (Å²) >= 11 is 6.07. The Kier molecular flexibility index (Phi) is 7.57. The summed E-state index contributed by atoms with van der Waals surface area (Å²) in [6.07, 6.45) is 3.67. The molecule has 1 N–H and O–H groups in total. The van der Waals surface area contributed by atoms with Crippen molar-refractivity contribution in [2.75, 3.05) is 13.7 Å². The molecule has 0 heterocycles. The van der Waals surface area contributed by atoms with Gasteiger partial charge in [0.1, 0.15) is 12.4 Å². The zero-order chi connectivity index (χ0) is 21.7. The standard InChI is InChI=1S/C25H29ClO4/c1-16-17(2)24(12-6-18(16)7-13-25(27)28)30-15-20-14-22(29-3)10-11-23(20)19-4-8-21(26)9-5-19/h4-6,8-9,12,22H,7,10-11,13-15H2,1-3H3,(H,27,28). The zero-order valence-electron chi connectivity index (χ0n) is 17.8. The molecule has 0 bridgehead atoms. The highest BCUT2D eigenvalue weighted by atomic mass is 35.5. The van der Waals surface area contributed by atoms with E-state index in [1.165, 1.54) is 16.7 Å². The van der Waals surface area contributed by atoms with Crippen molar-refractivity contribution in [3.8, 4) is 5.75 Å². The number of aryl methyl sites for hydroxylation is 1. The van der Waals surface area contributed by atoms with E-state index in [1.807, 2.05) is 38.1 Å². The van der Waals surface area contributed by atoms with Gasteiger partial charge in [-0.2, -0.15) is 0 Å². The van der Waals surface area contributed by atoms with Crippen LogP contribution in [0.3, 0.4) is 0 Å². The number of hydrogen-bond acceptors (Lipinski definition) is 3. The monoisotopic (exact) mass is 428 g/mol. The van der Waals surface area contributed by atoms with E-state index >= 15 is 0 Å². The number of ether oxygens (including phenoxy) is 2. The van der Waals surface area contributed by atoms with Gasteiger partial charge in [0.05, 0.1) is 6.10 Å². The predicted octanol–water partition coefficient (Wildman–Crippen LogP) is 6.01. The van der Waals surface area contributed by atoms with Gasteiger partial charge in [0, 0.05) is 18.6 Å². The number of aliphatic carboxylic acids is 1. The van der Waals surface area contributed by atoms with Crippen LogP contribution in [0.15, 0.2) is 42.0 Å². The molecule has 1 unspecified atom stereocenters. The van der Waals surface area contributed by atoms with Crippen LogP contribution in [0.2, 0.25) is 5.02 Å². The first-order valence-corrected chi connectivity index (χ1v) is 10.7. The van der Waals surface area contributed by atoms with Gasteiger partial charge < -0.3 is 14.6 Å². The van der Waals surface area contributed by atoms with Crippen molar-refractivity contribution in [2.45, 2.75) is 52.1 Å². The van der Waals surface area contributed by atoms with E-state index in [9.17, 15) is 4.79 Å². The van der Waals surface area contributed by atoms with Crippen LogP contribution in [0.25, 0.3) is 5.57 Å². The molecule has 160 valence electrons. The molecule has 2 aromatic carbocycles. The fourth-order valence-electron chi connectivity index (χ4n) is 4.01. The minimum atomic E-state index is -0.779. The van der Waals surface area contributed by atoms with Crippen molar-refractivity contribution < 1.29 is 19.4 Å². The second-order valence-corrected chi connectivity index (χ2v) is 8.28. The maximum Gasteiger partial charge on any atom is 0.303 e. The second kappa shape index (κ2) is 10.1. The molecule has 0 spiro atoms. The summed E-state index contributed by atoms with van der Waals surface area (Å²) in [4.78, 5) is 10.9. The van der Waals surface area contributed by atoms with Crippen molar-refractivity contribution in [1.82, 2.24) is 0 Å². The Labute approximate surface area is 183 Å². The van der Waals surface area contributed by atoms with Crippen molar-refractivity contribution in [3.05, 3.63) is 69.2 Å². The lowest BCUT2D eigenvalue weighted by molar-refractivity contribution is -0.136.